The van der Waals surface area contributed by atoms with E-state index in [1.165, 1.54) is 31.4 Å². The molecule has 4 rings (SSSR count). The maximum Gasteiger partial charge on any atom is 0.257 e. The Bertz CT molecular complexity index is 957. The van der Waals surface area contributed by atoms with Gasteiger partial charge in [0.15, 0.2) is 0 Å². The van der Waals surface area contributed by atoms with Crippen molar-refractivity contribution in [3.8, 4) is 5.75 Å². The van der Waals surface area contributed by atoms with Gasteiger partial charge >= 0.3 is 0 Å². The zero-order valence-corrected chi connectivity index (χ0v) is 17.4. The molecule has 1 atom stereocenters. The maximum atomic E-state index is 13.3. The number of carbonyl (C=O) groups excluding carboxylic acids is 1. The smallest absolute Gasteiger partial charge is 0.257 e. The molecule has 160 valence electrons. The molecular formula is C21H23FN3O4S-. The van der Waals surface area contributed by atoms with E-state index in [4.69, 9.17) is 4.74 Å². The molecule has 1 saturated heterocycles. The molecule has 1 unspecified atom stereocenters. The molecule has 1 N–H and O–H groups in total. The monoisotopic (exact) mass is 432 g/mol. The highest BCUT2D eigenvalue weighted by Crippen LogP contribution is 2.51. The SMILES string of the molecule is COc1cc(NS(=O)[O-])ccc1C(=O)N1CCN(C2(c3ccc(F)cc3)CC2)CC1. The van der Waals surface area contributed by atoms with Gasteiger partial charge in [0.1, 0.15) is 11.6 Å². The average molecular weight is 432 g/mol. The fourth-order valence-corrected chi connectivity index (χ4v) is 4.52. The minimum atomic E-state index is -2.45. The molecule has 2 aromatic carbocycles. The number of ether oxygens (including phenoxy) is 1. The molecular weight excluding hydrogens is 409 g/mol. The summed E-state index contributed by atoms with van der Waals surface area (Å²) in [5.74, 6) is -0.0580. The summed E-state index contributed by atoms with van der Waals surface area (Å²) < 4.78 is 42.5. The van der Waals surface area contributed by atoms with Crippen LogP contribution in [0.2, 0.25) is 0 Å². The van der Waals surface area contributed by atoms with E-state index < -0.39 is 11.3 Å². The summed E-state index contributed by atoms with van der Waals surface area (Å²) in [6.45, 7) is 2.63. The molecule has 2 aliphatic rings. The van der Waals surface area contributed by atoms with Crippen LogP contribution in [0.3, 0.4) is 0 Å². The number of methoxy groups -OCH3 is 1. The zero-order chi connectivity index (χ0) is 21.3. The molecule has 0 bridgehead atoms. The Morgan fingerprint density at radius 3 is 2.37 bits per heavy atom. The van der Waals surface area contributed by atoms with Gasteiger partial charge < -0.3 is 18.9 Å². The van der Waals surface area contributed by atoms with Crippen molar-refractivity contribution in [2.24, 2.45) is 0 Å². The zero-order valence-electron chi connectivity index (χ0n) is 16.6. The lowest BCUT2D eigenvalue weighted by molar-refractivity contribution is 0.0528. The Kier molecular flexibility index (Phi) is 5.77. The van der Waals surface area contributed by atoms with Crippen molar-refractivity contribution in [3.63, 3.8) is 0 Å². The van der Waals surface area contributed by atoms with E-state index in [1.54, 1.807) is 11.0 Å². The predicted molar refractivity (Wildman–Crippen MR) is 110 cm³/mol. The van der Waals surface area contributed by atoms with E-state index in [0.29, 0.717) is 30.1 Å². The molecule has 7 nitrogen and oxygen atoms in total. The van der Waals surface area contributed by atoms with Crippen molar-refractivity contribution in [1.82, 2.24) is 9.80 Å². The van der Waals surface area contributed by atoms with E-state index in [0.717, 1.165) is 31.5 Å². The molecule has 2 fully saturated rings. The van der Waals surface area contributed by atoms with Crippen LogP contribution in [-0.2, 0) is 16.8 Å². The first-order chi connectivity index (χ1) is 14.4. The second-order valence-electron chi connectivity index (χ2n) is 7.57. The molecule has 2 aromatic rings. The second kappa shape index (κ2) is 8.33. The number of anilines is 1. The topological polar surface area (TPSA) is 84.9 Å². The number of hydrogen-bond acceptors (Lipinski definition) is 5. The van der Waals surface area contributed by atoms with Gasteiger partial charge in [-0.3, -0.25) is 13.9 Å². The van der Waals surface area contributed by atoms with Gasteiger partial charge in [-0.05, 0) is 42.7 Å². The van der Waals surface area contributed by atoms with E-state index >= 15 is 0 Å². The highest BCUT2D eigenvalue weighted by Gasteiger charge is 2.50. The number of nitrogens with one attached hydrogen (secondary N) is 1. The number of benzene rings is 2. The number of rotatable bonds is 6. The lowest BCUT2D eigenvalue weighted by Gasteiger charge is -2.40. The summed E-state index contributed by atoms with van der Waals surface area (Å²) in [5.41, 5.74) is 1.82. The quantitative estimate of drug-likeness (QED) is 0.709. The summed E-state index contributed by atoms with van der Waals surface area (Å²) in [7, 11) is 1.45. The van der Waals surface area contributed by atoms with E-state index in [-0.39, 0.29) is 17.3 Å². The van der Waals surface area contributed by atoms with Gasteiger partial charge in [-0.1, -0.05) is 12.1 Å². The molecule has 1 aliphatic carbocycles. The van der Waals surface area contributed by atoms with E-state index in [2.05, 4.69) is 9.62 Å². The highest BCUT2D eigenvalue weighted by molar-refractivity contribution is 7.80. The molecule has 0 radical (unpaired) electrons. The van der Waals surface area contributed by atoms with Crippen molar-refractivity contribution in [2.45, 2.75) is 18.4 Å². The number of nitrogens with zero attached hydrogens (tertiary/aromatic N) is 2. The number of hydrogen-bond donors (Lipinski definition) is 1. The van der Waals surface area contributed by atoms with Crippen LogP contribution in [0.15, 0.2) is 42.5 Å². The van der Waals surface area contributed by atoms with Gasteiger partial charge in [-0.2, -0.15) is 0 Å². The normalized spacial score (nSPS) is 19.2. The molecule has 1 saturated carbocycles. The largest absolute Gasteiger partial charge is 0.755 e. The van der Waals surface area contributed by atoms with Crippen LogP contribution >= 0.6 is 0 Å². The molecule has 1 heterocycles. The Morgan fingerprint density at radius 2 is 1.80 bits per heavy atom. The summed E-state index contributed by atoms with van der Waals surface area (Å²) >= 11 is -2.45. The van der Waals surface area contributed by atoms with Gasteiger partial charge in [0.2, 0.25) is 0 Å². The van der Waals surface area contributed by atoms with Crippen LogP contribution in [-0.4, -0.2) is 57.8 Å². The van der Waals surface area contributed by atoms with Crippen molar-refractivity contribution in [2.75, 3.05) is 38.0 Å². The molecule has 1 aliphatic heterocycles. The molecule has 9 heteroatoms. The van der Waals surface area contributed by atoms with Crippen LogP contribution in [0.25, 0.3) is 0 Å². The number of halogens is 1. The molecule has 0 spiro atoms. The number of carbonyl (C=O) groups is 1. The van der Waals surface area contributed by atoms with Crippen molar-refractivity contribution >= 4 is 22.9 Å². The average Bonchev–Trinajstić information content (AvgIpc) is 3.55. The fourth-order valence-electron chi connectivity index (χ4n) is 4.20. The van der Waals surface area contributed by atoms with Gasteiger partial charge in [-0.15, -0.1) is 0 Å². The Hall–Kier alpha value is -2.49. The Balaban J connectivity index is 1.43. The third-order valence-corrected chi connectivity index (χ3v) is 6.31. The highest BCUT2D eigenvalue weighted by atomic mass is 32.2. The summed E-state index contributed by atoms with van der Waals surface area (Å²) in [4.78, 5) is 17.2. The lowest BCUT2D eigenvalue weighted by Crippen LogP contribution is -2.52. The fraction of sp³-hybridized carbons (Fsp3) is 0.381. The van der Waals surface area contributed by atoms with Gasteiger partial charge in [0, 0.05) is 54.7 Å². The minimum Gasteiger partial charge on any atom is -0.755 e. The first kappa shape index (κ1) is 20.8. The standard InChI is InChI=1S/C21H24FN3O4S/c1-29-19-14-17(23-30(27)28)6-7-18(19)20(26)24-10-12-25(13-11-24)21(8-9-21)15-2-4-16(22)5-3-15/h2-7,14,23H,8-13H2,1H3,(H,27,28)/p-1. The van der Waals surface area contributed by atoms with E-state index in [1.807, 2.05) is 12.1 Å². The van der Waals surface area contributed by atoms with Gasteiger partial charge in [-0.25, -0.2) is 4.39 Å². The Morgan fingerprint density at radius 1 is 1.13 bits per heavy atom. The third kappa shape index (κ3) is 4.05. The lowest BCUT2D eigenvalue weighted by atomic mass is 10.0. The second-order valence-corrected chi connectivity index (χ2v) is 8.24. The minimum absolute atomic E-state index is 0.0399. The van der Waals surface area contributed by atoms with Crippen LogP contribution < -0.4 is 9.46 Å². The summed E-state index contributed by atoms with van der Waals surface area (Å²) in [6, 6.07) is 11.3. The third-order valence-electron chi connectivity index (χ3n) is 5.91. The van der Waals surface area contributed by atoms with Crippen molar-refractivity contribution in [3.05, 3.63) is 59.4 Å². The maximum absolute atomic E-state index is 13.3. The van der Waals surface area contributed by atoms with Crippen LogP contribution in [0, 0.1) is 5.82 Å². The molecule has 30 heavy (non-hydrogen) atoms. The van der Waals surface area contributed by atoms with Crippen LogP contribution in [0.1, 0.15) is 28.8 Å². The molecule has 1 amide bonds. The number of amides is 1. The van der Waals surface area contributed by atoms with Gasteiger partial charge in [0.05, 0.1) is 12.7 Å². The van der Waals surface area contributed by atoms with Crippen molar-refractivity contribution < 1.29 is 22.7 Å². The van der Waals surface area contributed by atoms with Crippen LogP contribution in [0.4, 0.5) is 10.1 Å². The molecule has 0 aromatic heterocycles. The first-order valence-corrected chi connectivity index (χ1v) is 10.8. The summed E-state index contributed by atoms with van der Waals surface area (Å²) in [6.07, 6.45) is 2.08. The Labute approximate surface area is 177 Å². The predicted octanol–water partition coefficient (Wildman–Crippen LogP) is 2.49. The summed E-state index contributed by atoms with van der Waals surface area (Å²) in [5, 5.41) is 0. The first-order valence-electron chi connectivity index (χ1n) is 9.77. The number of piperazine rings is 1. The van der Waals surface area contributed by atoms with Crippen molar-refractivity contribution in [1.29, 1.82) is 0 Å². The van der Waals surface area contributed by atoms with E-state index in [9.17, 15) is 17.9 Å². The van der Waals surface area contributed by atoms with Crippen LogP contribution in [0.5, 0.6) is 5.75 Å². The van der Waals surface area contributed by atoms with Gasteiger partial charge in [0.25, 0.3) is 5.91 Å².